The van der Waals surface area contributed by atoms with Crippen LogP contribution in [-0.4, -0.2) is 403 Å². The number of hydrogen-bond acceptors (Lipinski definition) is 38. The van der Waals surface area contributed by atoms with Crippen molar-refractivity contribution in [1.29, 1.82) is 0 Å². The molecule has 538 valence electrons. The smallest absolute Gasteiger partial charge is 0.364 e. The lowest BCUT2D eigenvalue weighted by Gasteiger charge is -2.52. The first kappa shape index (κ1) is 76.9. The lowest BCUT2D eigenvalue weighted by molar-refractivity contribution is -0.401. The van der Waals surface area contributed by atoms with Gasteiger partial charge in [0.2, 0.25) is 17.7 Å². The third-order valence-electron chi connectivity index (χ3n) is 16.7. The quantitative estimate of drug-likeness (QED) is 0.0404. The van der Waals surface area contributed by atoms with E-state index in [1.54, 1.807) is 0 Å². The van der Waals surface area contributed by atoms with Crippen molar-refractivity contribution in [3.05, 3.63) is 0 Å². The van der Waals surface area contributed by atoms with Gasteiger partial charge in [-0.05, 0) is 0 Å². The molecule has 42 nitrogen and oxygen atoms in total. The number of aliphatic hydroxyl groups excluding tert-OH is 21. The second-order valence-electron chi connectivity index (χ2n) is 23.2. The van der Waals surface area contributed by atoms with Gasteiger partial charge in [0.05, 0.1) is 58.4 Å². The molecule has 7 saturated heterocycles. The maximum atomic E-state index is 13.1. The molecule has 0 bridgehead atoms. The lowest BCUT2D eigenvalue weighted by atomic mass is 9.88. The Hall–Kier alpha value is -3.48. The van der Waals surface area contributed by atoms with Crippen molar-refractivity contribution in [3.8, 4) is 0 Å². The van der Waals surface area contributed by atoms with Crippen LogP contribution in [0.1, 0.15) is 27.2 Å². The normalized spacial score (nSPS) is 47.2. The number of aliphatic hydroxyl groups is 21. The van der Waals surface area contributed by atoms with Crippen molar-refractivity contribution in [2.75, 3.05) is 46.2 Å². The van der Waals surface area contributed by atoms with E-state index in [9.17, 15) is 132 Å². The van der Waals surface area contributed by atoms with Crippen LogP contribution >= 0.6 is 0 Å². The maximum Gasteiger partial charge on any atom is 0.364 e. The molecule has 0 aromatic carbocycles. The van der Waals surface area contributed by atoms with E-state index in [1.807, 2.05) is 0 Å². The Kier molecular flexibility index (Phi) is 27.2. The molecule has 36 atom stereocenters. The first-order valence-corrected chi connectivity index (χ1v) is 29.3. The molecule has 7 fully saturated rings. The van der Waals surface area contributed by atoms with Crippen molar-refractivity contribution < 1.29 is 193 Å². The molecule has 25 N–H and O–H groups in total. The molecular weight excluding hydrogens is 1280 g/mol. The monoisotopic (exact) mass is 1360 g/mol. The van der Waals surface area contributed by atoms with Crippen LogP contribution in [0.3, 0.4) is 0 Å². The molecule has 7 aliphatic heterocycles. The van der Waals surface area contributed by atoms with Gasteiger partial charge in [-0.15, -0.1) is 0 Å². The van der Waals surface area contributed by atoms with Crippen LogP contribution < -0.4 is 16.0 Å². The van der Waals surface area contributed by atoms with Gasteiger partial charge in [-0.25, -0.2) is 4.79 Å². The topological polar surface area (TPSA) is 669 Å². The van der Waals surface area contributed by atoms with Crippen LogP contribution in [0.2, 0.25) is 0 Å². The Morgan fingerprint density at radius 3 is 1.29 bits per heavy atom. The summed E-state index contributed by atoms with van der Waals surface area (Å²) in [7, 11) is 0. The molecule has 7 rings (SSSR count). The maximum absolute atomic E-state index is 13.1. The Morgan fingerprint density at radius 1 is 0.419 bits per heavy atom. The van der Waals surface area contributed by atoms with Gasteiger partial charge in [-0.1, -0.05) is 0 Å². The van der Waals surface area contributed by atoms with E-state index in [1.165, 1.54) is 0 Å². The van der Waals surface area contributed by atoms with Crippen molar-refractivity contribution in [2.24, 2.45) is 0 Å². The first-order chi connectivity index (χ1) is 43.8. The fourth-order valence-corrected chi connectivity index (χ4v) is 11.9. The SMILES string of the molecule is CC(=O)N[C@H]1[C@H](O[C@H]2[C@@H](O)[C@@H](CO)O[C@H](O[C@@H]3[C@@H](O)[C@H](O[C@H]4[C@H](O)[C@@H](O)[C@H](O)O[C@@H]4CO)O[C@H](CO)[C@@H]3O[C@@H]3O[C@H](CO)[C@H](O)[C@H](O)[C@H]3NC(C)=O)[C@@H]2O)O[C@H](CO)[C@@H](O[C@@H]2O[C@H](CO)[C@H](O)[C@H](O[C@]3(C(=O)O)C[C@H](O)[C@@H](NC(C)=O)[C@H]([C@H](O)[C@H](O)CO)O3)[C@H]2O)[C@@H]1O. The number of nitrogens with one attached hydrogen (secondary N) is 3. The molecule has 7 heterocycles. The van der Waals surface area contributed by atoms with Crippen molar-refractivity contribution in [3.63, 3.8) is 0 Å². The molecule has 93 heavy (non-hydrogen) atoms. The van der Waals surface area contributed by atoms with E-state index < -0.39 is 297 Å². The number of amides is 3. The Morgan fingerprint density at radius 2 is 0.796 bits per heavy atom. The van der Waals surface area contributed by atoms with Crippen molar-refractivity contribution in [1.82, 2.24) is 16.0 Å². The molecule has 0 aliphatic carbocycles. The molecule has 0 aromatic rings. The summed E-state index contributed by atoms with van der Waals surface area (Å²) in [6.07, 6.45) is -68.8. The lowest BCUT2D eigenvalue weighted by Crippen LogP contribution is -2.71. The minimum Gasteiger partial charge on any atom is -0.477 e. The summed E-state index contributed by atoms with van der Waals surface area (Å²) in [5.41, 5.74) is 0. The number of hydrogen-bond donors (Lipinski definition) is 25. The number of carbonyl (C=O) groups is 4. The Balaban J connectivity index is 1.18. The summed E-state index contributed by atoms with van der Waals surface area (Å²) in [5, 5.41) is 247. The Bertz CT molecular complexity index is 2420. The van der Waals surface area contributed by atoms with Gasteiger partial charge in [0, 0.05) is 27.2 Å². The predicted octanol–water partition coefficient (Wildman–Crippen LogP) is -16.6. The molecule has 0 radical (unpaired) electrons. The van der Waals surface area contributed by atoms with E-state index >= 15 is 0 Å². The van der Waals surface area contributed by atoms with Gasteiger partial charge in [0.1, 0.15) is 165 Å². The van der Waals surface area contributed by atoms with Crippen LogP contribution in [0.5, 0.6) is 0 Å². The zero-order valence-electron chi connectivity index (χ0n) is 49.6. The molecular formula is C51H85N3O39. The number of ether oxygens (including phenoxy) is 13. The van der Waals surface area contributed by atoms with Gasteiger partial charge in [-0.2, -0.15) is 0 Å². The molecule has 3 amide bonds. The van der Waals surface area contributed by atoms with Gasteiger partial charge >= 0.3 is 5.97 Å². The van der Waals surface area contributed by atoms with Gasteiger partial charge in [0.25, 0.3) is 5.79 Å². The standard InChI is InChI=1S/C51H85N3O39/c1-12(62)52-23-15(65)4-51(50(79)80,92-40(23)26(67)16(66)5-55)93-42-29(70)19(8-58)84-48(35(42)76)87-37-21(10-60)85-46(25(31(37)72)54-14(3)64)90-41-28(69)18(7-57)83-47(34(41)75)91-43-36(77)49(88-38-20(9-59)81-44(78)33(74)32(38)73)86-22(11-61)39(43)89-45-24(53-13(2)63)30(71)27(68)17(6-56)82-45/h15-49,55-61,65-78H,4-11H2,1-3H3,(H,52,62)(H,53,63)(H,54,64)(H,79,80)/t15-,16+,17+,18+,19+,20+,21+,22+,23+,24+,25+,26+,27-,28-,29-,30+,31+,32+,33+,34+,35+,36+,37+,38+,39-,40+,41-,42-,43+,44+,45-,46-,47+,48-,49-,51-/m0/s1. The molecule has 0 saturated carbocycles. The second-order valence-corrected chi connectivity index (χ2v) is 23.2. The van der Waals surface area contributed by atoms with Gasteiger partial charge in [0.15, 0.2) is 37.7 Å². The van der Waals surface area contributed by atoms with E-state index in [4.69, 9.17) is 61.6 Å². The fourth-order valence-electron chi connectivity index (χ4n) is 11.9. The summed E-state index contributed by atoms with van der Waals surface area (Å²) >= 11 is 0. The molecule has 0 spiro atoms. The van der Waals surface area contributed by atoms with Crippen molar-refractivity contribution in [2.45, 2.75) is 248 Å². The van der Waals surface area contributed by atoms with Gasteiger partial charge < -0.3 is 190 Å². The van der Waals surface area contributed by atoms with Crippen LogP contribution in [0, 0.1) is 0 Å². The molecule has 7 aliphatic rings. The Labute approximate surface area is 525 Å². The highest BCUT2D eigenvalue weighted by Crippen LogP contribution is 2.41. The summed E-state index contributed by atoms with van der Waals surface area (Å²) < 4.78 is 75.4. The van der Waals surface area contributed by atoms with Crippen LogP contribution in [0.15, 0.2) is 0 Å². The minimum atomic E-state index is -3.25. The zero-order valence-corrected chi connectivity index (χ0v) is 49.6. The number of rotatable bonds is 25. The number of carboxylic acid groups (broad SMARTS) is 1. The number of carbonyl (C=O) groups excluding carboxylic acids is 3. The van der Waals surface area contributed by atoms with Crippen LogP contribution in [-0.2, 0) is 80.8 Å². The van der Waals surface area contributed by atoms with Crippen molar-refractivity contribution >= 4 is 23.7 Å². The minimum absolute atomic E-state index is 0.844. The summed E-state index contributed by atoms with van der Waals surface area (Å²) in [6, 6.07) is -5.44. The van der Waals surface area contributed by atoms with E-state index in [0.29, 0.717) is 0 Å². The van der Waals surface area contributed by atoms with E-state index in [2.05, 4.69) is 16.0 Å². The third-order valence-corrected chi connectivity index (χ3v) is 16.7. The molecule has 42 heteroatoms. The van der Waals surface area contributed by atoms with E-state index in [-0.39, 0.29) is 0 Å². The summed E-state index contributed by atoms with van der Waals surface area (Å²) in [6.45, 7) is -5.01. The second kappa shape index (κ2) is 32.9. The summed E-state index contributed by atoms with van der Waals surface area (Å²) in [4.78, 5) is 50.5. The number of aliphatic carboxylic acids is 1. The zero-order chi connectivity index (χ0) is 69.0. The highest BCUT2D eigenvalue weighted by atomic mass is 16.8. The first-order valence-electron chi connectivity index (χ1n) is 29.3. The van der Waals surface area contributed by atoms with Gasteiger partial charge in [-0.3, -0.25) is 14.4 Å². The highest BCUT2D eigenvalue weighted by Gasteiger charge is 2.62. The fraction of sp³-hybridized carbons (Fsp3) is 0.922. The average Bonchev–Trinajstić information content (AvgIpc) is 0.778. The van der Waals surface area contributed by atoms with Crippen LogP contribution in [0.25, 0.3) is 0 Å². The van der Waals surface area contributed by atoms with E-state index in [0.717, 1.165) is 20.8 Å². The highest BCUT2D eigenvalue weighted by molar-refractivity contribution is 5.77. The largest absolute Gasteiger partial charge is 0.477 e. The average molecular weight is 1360 g/mol. The predicted molar refractivity (Wildman–Crippen MR) is 284 cm³/mol. The molecule has 0 unspecified atom stereocenters. The van der Waals surface area contributed by atoms with Crippen LogP contribution in [0.4, 0.5) is 0 Å². The summed E-state index contributed by atoms with van der Waals surface area (Å²) in [5.74, 6) is -8.04. The molecule has 0 aromatic heterocycles. The third kappa shape index (κ3) is 16.6. The number of carboxylic acids is 1.